The summed E-state index contributed by atoms with van der Waals surface area (Å²) in [5.41, 5.74) is 5.74. The van der Waals surface area contributed by atoms with Crippen molar-refractivity contribution in [3.8, 4) is 0 Å². The molecule has 204 valence electrons. The Hall–Kier alpha value is -3.81. The van der Waals surface area contributed by atoms with E-state index in [2.05, 4.69) is 27.9 Å². The molecule has 6 nitrogen and oxygen atoms in total. The minimum atomic E-state index is -3.69. The Kier molecular flexibility index (Phi) is 7.26. The fourth-order valence-electron chi connectivity index (χ4n) is 5.81. The predicted octanol–water partition coefficient (Wildman–Crippen LogP) is 6.08. The van der Waals surface area contributed by atoms with E-state index in [1.807, 2.05) is 60.4 Å². The SMILES string of the molecule is Cc1cccc(CN(C(=O)[C@@H]2C[C@H]2c2ccccc2)c2ccc3c(c2)C(NS(=O)(=O)c2ccccc2)CCC3)n1. The molecule has 7 heteroatoms. The van der Waals surface area contributed by atoms with E-state index in [1.165, 1.54) is 5.56 Å². The summed E-state index contributed by atoms with van der Waals surface area (Å²) < 4.78 is 29.3. The van der Waals surface area contributed by atoms with Crippen molar-refractivity contribution in [2.45, 2.75) is 56.0 Å². The monoisotopic (exact) mass is 551 g/mol. The highest BCUT2D eigenvalue weighted by molar-refractivity contribution is 7.89. The van der Waals surface area contributed by atoms with E-state index in [0.29, 0.717) is 13.0 Å². The number of fused-ring (bicyclic) bond motifs is 1. The summed E-state index contributed by atoms with van der Waals surface area (Å²) in [6.45, 7) is 2.31. The number of hydrogen-bond donors (Lipinski definition) is 1. The van der Waals surface area contributed by atoms with Crippen LogP contribution in [0.3, 0.4) is 0 Å². The van der Waals surface area contributed by atoms with Crippen LogP contribution in [-0.4, -0.2) is 19.3 Å². The minimum Gasteiger partial charge on any atom is -0.306 e. The average molecular weight is 552 g/mol. The van der Waals surface area contributed by atoms with E-state index in [9.17, 15) is 13.2 Å². The highest BCUT2D eigenvalue weighted by Crippen LogP contribution is 2.49. The van der Waals surface area contributed by atoms with Crippen molar-refractivity contribution in [2.75, 3.05) is 4.90 Å². The van der Waals surface area contributed by atoms with Gasteiger partial charge in [0.25, 0.3) is 0 Å². The highest BCUT2D eigenvalue weighted by Gasteiger charge is 2.46. The standard InChI is InChI=1S/C33H33N3O3S/c1-23-10-8-14-26(34-23)22-36(33(37)31-21-29(31)24-11-4-2-5-12-24)27-19-18-25-13-9-17-32(30(25)20-27)35-40(38,39)28-15-6-3-7-16-28/h2-8,10-12,14-16,18-20,29,31-32,35H,9,13,17,21-22H2,1H3/t29-,31+,32?/m0/s1. The molecule has 0 bridgehead atoms. The second kappa shape index (κ2) is 11.0. The van der Waals surface area contributed by atoms with Crippen molar-refractivity contribution >= 4 is 21.6 Å². The Morgan fingerprint density at radius 1 is 0.950 bits per heavy atom. The van der Waals surface area contributed by atoms with E-state index in [1.54, 1.807) is 30.3 Å². The molecule has 0 radical (unpaired) electrons. The summed E-state index contributed by atoms with van der Waals surface area (Å²) in [6, 6.07) is 30.3. The third-order valence-corrected chi connectivity index (χ3v) is 9.46. The molecule has 2 aliphatic carbocycles. The first-order valence-electron chi connectivity index (χ1n) is 13.9. The molecule has 6 rings (SSSR count). The maximum Gasteiger partial charge on any atom is 0.241 e. The van der Waals surface area contributed by atoms with Gasteiger partial charge in [-0.15, -0.1) is 0 Å². The molecular weight excluding hydrogens is 518 g/mol. The summed E-state index contributed by atoms with van der Waals surface area (Å²) in [5.74, 6) is 0.203. The Labute approximate surface area is 236 Å². The number of anilines is 1. The summed E-state index contributed by atoms with van der Waals surface area (Å²) in [7, 11) is -3.69. The summed E-state index contributed by atoms with van der Waals surface area (Å²) in [4.78, 5) is 20.8. The molecule has 0 saturated heterocycles. The van der Waals surface area contributed by atoms with Gasteiger partial charge in [-0.1, -0.05) is 60.7 Å². The van der Waals surface area contributed by atoms with Crippen LogP contribution in [0.15, 0.2) is 102 Å². The normalized spacial score (nSPS) is 20.0. The number of carbonyl (C=O) groups excluding carboxylic acids is 1. The number of pyridine rings is 1. The minimum absolute atomic E-state index is 0.0781. The molecule has 1 fully saturated rings. The van der Waals surface area contributed by atoms with Crippen LogP contribution in [0.5, 0.6) is 0 Å². The van der Waals surface area contributed by atoms with Gasteiger partial charge in [-0.25, -0.2) is 13.1 Å². The van der Waals surface area contributed by atoms with Crippen LogP contribution in [0.1, 0.15) is 59.3 Å². The molecule has 3 atom stereocenters. The first-order chi connectivity index (χ1) is 19.4. The lowest BCUT2D eigenvalue weighted by molar-refractivity contribution is -0.120. The topological polar surface area (TPSA) is 79.4 Å². The lowest BCUT2D eigenvalue weighted by Crippen LogP contribution is -2.34. The number of amides is 1. The second-order valence-corrected chi connectivity index (χ2v) is 12.5. The van der Waals surface area contributed by atoms with Crippen LogP contribution in [-0.2, 0) is 27.8 Å². The number of hydrogen-bond acceptors (Lipinski definition) is 4. The van der Waals surface area contributed by atoms with Crippen LogP contribution in [0, 0.1) is 12.8 Å². The van der Waals surface area contributed by atoms with Crippen molar-refractivity contribution in [1.82, 2.24) is 9.71 Å². The number of nitrogens with one attached hydrogen (secondary N) is 1. The fraction of sp³-hybridized carbons (Fsp3) is 0.273. The van der Waals surface area contributed by atoms with Crippen molar-refractivity contribution in [3.63, 3.8) is 0 Å². The summed E-state index contributed by atoms with van der Waals surface area (Å²) >= 11 is 0. The third kappa shape index (κ3) is 5.58. The quantitative estimate of drug-likeness (QED) is 0.288. The van der Waals surface area contributed by atoms with Gasteiger partial charge in [-0.2, -0.15) is 0 Å². The third-order valence-electron chi connectivity index (χ3n) is 7.97. The Balaban J connectivity index is 1.32. The maximum atomic E-state index is 14.0. The van der Waals surface area contributed by atoms with Gasteiger partial charge in [-0.05, 0) is 91.6 Å². The Morgan fingerprint density at radius 2 is 1.70 bits per heavy atom. The number of sulfonamides is 1. The Bertz CT molecular complexity index is 1620. The molecule has 0 aliphatic heterocycles. The number of benzene rings is 3. The van der Waals surface area contributed by atoms with E-state index < -0.39 is 10.0 Å². The number of carbonyl (C=O) groups is 1. The first-order valence-corrected chi connectivity index (χ1v) is 15.4. The van der Waals surface area contributed by atoms with Gasteiger partial charge in [0.1, 0.15) is 0 Å². The van der Waals surface area contributed by atoms with Crippen molar-refractivity contribution < 1.29 is 13.2 Å². The van der Waals surface area contributed by atoms with E-state index >= 15 is 0 Å². The second-order valence-electron chi connectivity index (χ2n) is 10.8. The largest absolute Gasteiger partial charge is 0.306 e. The Morgan fingerprint density at radius 3 is 2.45 bits per heavy atom. The van der Waals surface area contributed by atoms with Gasteiger partial charge in [0.05, 0.1) is 17.1 Å². The zero-order chi connectivity index (χ0) is 27.7. The molecule has 2 aliphatic rings. The summed E-state index contributed by atoms with van der Waals surface area (Å²) in [6.07, 6.45) is 3.30. The van der Waals surface area contributed by atoms with E-state index in [0.717, 1.165) is 47.5 Å². The molecule has 1 N–H and O–H groups in total. The van der Waals surface area contributed by atoms with Gasteiger partial charge in [-0.3, -0.25) is 9.78 Å². The molecular formula is C33H33N3O3S. The molecule has 4 aromatic rings. The zero-order valence-corrected chi connectivity index (χ0v) is 23.3. The molecule has 0 spiro atoms. The fourth-order valence-corrected chi connectivity index (χ4v) is 7.09. The molecule has 1 heterocycles. The number of rotatable bonds is 8. The maximum absolute atomic E-state index is 14.0. The van der Waals surface area contributed by atoms with Crippen molar-refractivity contribution in [3.05, 3.63) is 125 Å². The number of aryl methyl sites for hydroxylation is 2. The van der Waals surface area contributed by atoms with Gasteiger partial charge in [0.2, 0.25) is 15.9 Å². The van der Waals surface area contributed by atoms with E-state index in [-0.39, 0.29) is 28.7 Å². The van der Waals surface area contributed by atoms with Gasteiger partial charge in [0, 0.05) is 23.3 Å². The molecule has 1 amide bonds. The van der Waals surface area contributed by atoms with Gasteiger partial charge >= 0.3 is 0 Å². The molecule has 3 aromatic carbocycles. The summed E-state index contributed by atoms with van der Waals surface area (Å²) in [5, 5.41) is 0. The van der Waals surface area contributed by atoms with Crippen LogP contribution in [0.25, 0.3) is 0 Å². The smallest absolute Gasteiger partial charge is 0.241 e. The van der Waals surface area contributed by atoms with Crippen LogP contribution in [0.4, 0.5) is 5.69 Å². The first kappa shape index (κ1) is 26.4. The number of aromatic nitrogens is 1. The van der Waals surface area contributed by atoms with Gasteiger partial charge < -0.3 is 4.90 Å². The molecule has 1 aromatic heterocycles. The van der Waals surface area contributed by atoms with Crippen LogP contribution in [0.2, 0.25) is 0 Å². The lowest BCUT2D eigenvalue weighted by Gasteiger charge is -2.29. The number of nitrogens with zero attached hydrogens (tertiary/aromatic N) is 2. The van der Waals surface area contributed by atoms with Crippen LogP contribution < -0.4 is 9.62 Å². The zero-order valence-electron chi connectivity index (χ0n) is 22.5. The predicted molar refractivity (Wildman–Crippen MR) is 156 cm³/mol. The van der Waals surface area contributed by atoms with Gasteiger partial charge in [0.15, 0.2) is 0 Å². The highest BCUT2D eigenvalue weighted by atomic mass is 32.2. The molecule has 1 saturated carbocycles. The van der Waals surface area contributed by atoms with Crippen molar-refractivity contribution in [1.29, 1.82) is 0 Å². The molecule has 1 unspecified atom stereocenters. The van der Waals surface area contributed by atoms with Crippen molar-refractivity contribution in [2.24, 2.45) is 5.92 Å². The lowest BCUT2D eigenvalue weighted by atomic mass is 9.87. The van der Waals surface area contributed by atoms with E-state index in [4.69, 9.17) is 0 Å². The molecule has 40 heavy (non-hydrogen) atoms. The average Bonchev–Trinajstić information content (AvgIpc) is 3.78. The van der Waals surface area contributed by atoms with Crippen LogP contribution >= 0.6 is 0 Å².